The van der Waals surface area contributed by atoms with E-state index in [1.165, 1.54) is 24.3 Å². The van der Waals surface area contributed by atoms with E-state index in [9.17, 15) is 18.3 Å². The van der Waals surface area contributed by atoms with Gasteiger partial charge in [-0.05, 0) is 49.2 Å². The first kappa shape index (κ1) is 25.0. The summed E-state index contributed by atoms with van der Waals surface area (Å²) >= 11 is 3.22. The average Bonchev–Trinajstić information content (AvgIpc) is 2.82. The molecule has 1 N–H and O–H groups in total. The van der Waals surface area contributed by atoms with Crippen LogP contribution in [-0.2, 0) is 14.9 Å². The number of carbonyl (C=O) groups excluding carboxylic acids is 1. The number of rotatable bonds is 9. The lowest BCUT2D eigenvalue weighted by molar-refractivity contribution is -0.132. The monoisotopic (exact) mass is 531 g/mol. The van der Waals surface area contributed by atoms with Crippen LogP contribution in [0, 0.1) is 6.92 Å². The Kier molecular flexibility index (Phi) is 8.29. The van der Waals surface area contributed by atoms with Crippen molar-refractivity contribution in [2.45, 2.75) is 30.9 Å². The lowest BCUT2D eigenvalue weighted by Crippen LogP contribution is -2.37. The summed E-state index contributed by atoms with van der Waals surface area (Å²) in [4.78, 5) is 14.2. The van der Waals surface area contributed by atoms with Gasteiger partial charge in [0.2, 0.25) is 5.91 Å². The van der Waals surface area contributed by atoms with Crippen molar-refractivity contribution in [2.24, 2.45) is 0 Å². The van der Waals surface area contributed by atoms with Crippen molar-refractivity contribution in [2.75, 3.05) is 11.9 Å². The van der Waals surface area contributed by atoms with Gasteiger partial charge in [-0.2, -0.15) is 8.42 Å². The van der Waals surface area contributed by atoms with E-state index in [-0.39, 0.29) is 34.5 Å². The van der Waals surface area contributed by atoms with Gasteiger partial charge >= 0.3 is 10.1 Å². The van der Waals surface area contributed by atoms with E-state index in [0.717, 1.165) is 11.1 Å². The third-order valence-electron chi connectivity index (χ3n) is 5.33. The number of carbonyl (C=O) groups is 1. The molecule has 6 nitrogen and oxygen atoms in total. The number of alkyl halides is 1. The fourth-order valence-electron chi connectivity index (χ4n) is 3.38. The van der Waals surface area contributed by atoms with Gasteiger partial charge in [-0.3, -0.25) is 4.79 Å². The summed E-state index contributed by atoms with van der Waals surface area (Å²) in [5.74, 6) is -0.00730. The second-order valence-electron chi connectivity index (χ2n) is 7.70. The molecule has 0 radical (unpaired) electrons. The van der Waals surface area contributed by atoms with Crippen LogP contribution in [0.1, 0.15) is 35.8 Å². The first-order chi connectivity index (χ1) is 15.7. The summed E-state index contributed by atoms with van der Waals surface area (Å²) in [6, 6.07) is 21.9. The Morgan fingerprint density at radius 2 is 1.58 bits per heavy atom. The predicted octanol–water partition coefficient (Wildman–Crippen LogP) is 4.78. The number of aliphatic hydroxyl groups is 1. The van der Waals surface area contributed by atoms with Crippen LogP contribution in [0.15, 0.2) is 83.8 Å². The van der Waals surface area contributed by atoms with Crippen LogP contribution < -0.4 is 4.18 Å². The molecule has 0 saturated carbocycles. The summed E-state index contributed by atoms with van der Waals surface area (Å²) < 4.78 is 30.2. The van der Waals surface area contributed by atoms with E-state index >= 15 is 0 Å². The Morgan fingerprint density at radius 1 is 0.970 bits per heavy atom. The minimum Gasteiger partial charge on any atom is -0.387 e. The number of nitrogens with zero attached hydrogens (tertiary/aromatic N) is 1. The largest absolute Gasteiger partial charge is 0.387 e. The highest BCUT2D eigenvalue weighted by molar-refractivity contribution is 9.09. The van der Waals surface area contributed by atoms with Crippen LogP contribution >= 0.6 is 15.9 Å². The second kappa shape index (κ2) is 11.0. The Balaban J connectivity index is 1.72. The molecule has 174 valence electrons. The average molecular weight is 532 g/mol. The number of benzene rings is 3. The zero-order chi connectivity index (χ0) is 24.0. The molecule has 0 aliphatic heterocycles. The molecule has 0 aliphatic rings. The molecule has 0 heterocycles. The second-order valence-corrected chi connectivity index (χ2v) is 9.81. The lowest BCUT2D eigenvalue weighted by Gasteiger charge is -2.31. The summed E-state index contributed by atoms with van der Waals surface area (Å²) in [5, 5.41) is 10.9. The van der Waals surface area contributed by atoms with Crippen molar-refractivity contribution in [3.63, 3.8) is 0 Å². The highest BCUT2D eigenvalue weighted by Crippen LogP contribution is 2.26. The van der Waals surface area contributed by atoms with Crippen molar-refractivity contribution < 1.29 is 22.5 Å². The number of aliphatic hydroxyl groups excluding tert-OH is 1. The molecular formula is C25H26BrNO5S. The van der Waals surface area contributed by atoms with Gasteiger partial charge in [-0.25, -0.2) is 0 Å². The highest BCUT2D eigenvalue weighted by atomic mass is 79.9. The third-order valence-corrected chi connectivity index (χ3v) is 7.08. The van der Waals surface area contributed by atoms with E-state index < -0.39 is 16.2 Å². The van der Waals surface area contributed by atoms with Gasteiger partial charge in [0.25, 0.3) is 0 Å². The molecule has 0 bridgehead atoms. The summed E-state index contributed by atoms with van der Waals surface area (Å²) in [7, 11) is -3.96. The van der Waals surface area contributed by atoms with Crippen LogP contribution in [0.5, 0.6) is 5.75 Å². The number of amides is 1. The van der Waals surface area contributed by atoms with Gasteiger partial charge in [0.15, 0.2) is 0 Å². The van der Waals surface area contributed by atoms with E-state index in [1.54, 1.807) is 29.2 Å². The van der Waals surface area contributed by atoms with Gasteiger partial charge in [-0.1, -0.05) is 76.1 Å². The van der Waals surface area contributed by atoms with Crippen LogP contribution in [-0.4, -0.2) is 36.2 Å². The van der Waals surface area contributed by atoms with E-state index in [0.29, 0.717) is 5.56 Å². The first-order valence-corrected chi connectivity index (χ1v) is 12.9. The molecule has 3 rings (SSSR count). The quantitative estimate of drug-likeness (QED) is 0.317. The maximum Gasteiger partial charge on any atom is 0.339 e. The van der Waals surface area contributed by atoms with Crippen molar-refractivity contribution in [1.29, 1.82) is 0 Å². The standard InChI is InChI=1S/C25H26BrNO5S/c1-18-8-14-23(15-9-18)33(30,31)32-22-12-10-21(11-13-22)24(28)17-27(25(29)16-26)19(2)20-6-4-3-5-7-20/h3-15,19,24,28H,16-17H2,1-2H3/t19-,24+/m0/s1. The predicted molar refractivity (Wildman–Crippen MR) is 131 cm³/mol. The molecule has 33 heavy (non-hydrogen) atoms. The number of halogens is 1. The lowest BCUT2D eigenvalue weighted by atomic mass is 10.0. The highest BCUT2D eigenvalue weighted by Gasteiger charge is 2.24. The van der Waals surface area contributed by atoms with E-state index in [4.69, 9.17) is 4.18 Å². The number of aryl methyl sites for hydroxylation is 1. The van der Waals surface area contributed by atoms with Crippen LogP contribution in [0.25, 0.3) is 0 Å². The van der Waals surface area contributed by atoms with Crippen LogP contribution in [0.2, 0.25) is 0 Å². The Hall–Kier alpha value is -2.68. The van der Waals surface area contributed by atoms with Crippen molar-refractivity contribution in [3.8, 4) is 5.75 Å². The Morgan fingerprint density at radius 3 is 2.15 bits per heavy atom. The third kappa shape index (κ3) is 6.43. The Labute approximate surface area is 203 Å². The minimum absolute atomic E-state index is 0.0658. The smallest absolute Gasteiger partial charge is 0.339 e. The molecule has 3 aromatic carbocycles. The zero-order valence-corrected chi connectivity index (χ0v) is 20.8. The molecule has 0 aliphatic carbocycles. The SMILES string of the molecule is Cc1ccc(S(=O)(=O)Oc2ccc([C@H](O)CN(C(=O)CBr)[C@@H](C)c3ccccc3)cc2)cc1. The molecule has 3 aromatic rings. The van der Waals surface area contributed by atoms with Crippen LogP contribution in [0.3, 0.4) is 0 Å². The van der Waals surface area contributed by atoms with Gasteiger partial charge in [-0.15, -0.1) is 0 Å². The minimum atomic E-state index is -3.96. The molecule has 2 atom stereocenters. The zero-order valence-electron chi connectivity index (χ0n) is 18.4. The molecule has 0 unspecified atom stereocenters. The fraction of sp³-hybridized carbons (Fsp3) is 0.240. The van der Waals surface area contributed by atoms with Crippen molar-refractivity contribution in [3.05, 3.63) is 95.6 Å². The molecule has 8 heteroatoms. The molecule has 0 fully saturated rings. The van der Waals surface area contributed by atoms with Gasteiger partial charge < -0.3 is 14.2 Å². The van der Waals surface area contributed by atoms with Crippen molar-refractivity contribution >= 4 is 32.0 Å². The number of hydrogen-bond acceptors (Lipinski definition) is 5. The summed E-state index contributed by atoms with van der Waals surface area (Å²) in [5.41, 5.74) is 2.45. The van der Waals surface area contributed by atoms with Crippen LogP contribution in [0.4, 0.5) is 0 Å². The number of hydrogen-bond donors (Lipinski definition) is 1. The normalized spacial score (nSPS) is 13.2. The molecule has 0 aromatic heterocycles. The fourth-order valence-corrected chi connectivity index (χ4v) is 4.63. The van der Waals surface area contributed by atoms with Crippen molar-refractivity contribution in [1.82, 2.24) is 4.90 Å². The summed E-state index contributed by atoms with van der Waals surface area (Å²) in [6.07, 6.45) is -0.957. The van der Waals surface area contributed by atoms with E-state index in [1.807, 2.05) is 44.2 Å². The topological polar surface area (TPSA) is 83.9 Å². The molecular weight excluding hydrogens is 506 g/mol. The molecule has 0 spiro atoms. The molecule has 0 saturated heterocycles. The van der Waals surface area contributed by atoms with Gasteiger partial charge in [0, 0.05) is 0 Å². The Bertz CT molecular complexity index is 1170. The summed E-state index contributed by atoms with van der Waals surface area (Å²) in [6.45, 7) is 3.87. The first-order valence-electron chi connectivity index (χ1n) is 10.4. The van der Waals surface area contributed by atoms with E-state index in [2.05, 4.69) is 15.9 Å². The van der Waals surface area contributed by atoms with Gasteiger partial charge in [0.1, 0.15) is 10.6 Å². The van der Waals surface area contributed by atoms with Gasteiger partial charge in [0.05, 0.1) is 24.0 Å². The maximum atomic E-state index is 12.5. The maximum absolute atomic E-state index is 12.5. The molecule has 1 amide bonds.